The number of hydrogen-bond donors (Lipinski definition) is 2. The number of benzene rings is 1. The van der Waals surface area contributed by atoms with E-state index in [0.29, 0.717) is 17.5 Å². The zero-order valence-electron chi connectivity index (χ0n) is 11.6. The van der Waals surface area contributed by atoms with E-state index in [1.54, 1.807) is 6.07 Å². The highest BCUT2D eigenvalue weighted by Crippen LogP contribution is 2.18. The van der Waals surface area contributed by atoms with Gasteiger partial charge in [-0.25, -0.2) is 13.1 Å². The van der Waals surface area contributed by atoms with Crippen LogP contribution >= 0.6 is 0 Å². The molecule has 2 rings (SSSR count). The minimum atomic E-state index is -3.38. The van der Waals surface area contributed by atoms with Crippen molar-refractivity contribution in [1.82, 2.24) is 10.0 Å². The SMILES string of the molecule is Cc1ccc(C)c(S(=O)(=O)NCCCNC2CC2)c1. The average Bonchev–Trinajstić information content (AvgIpc) is 3.15. The first-order valence-corrected chi connectivity index (χ1v) is 8.28. The molecule has 5 heteroatoms. The molecule has 4 nitrogen and oxygen atoms in total. The summed E-state index contributed by atoms with van der Waals surface area (Å²) in [5.74, 6) is 0. The predicted molar refractivity (Wildman–Crippen MR) is 76.7 cm³/mol. The van der Waals surface area contributed by atoms with Gasteiger partial charge in [0.25, 0.3) is 0 Å². The number of nitrogens with one attached hydrogen (secondary N) is 2. The molecule has 1 aromatic carbocycles. The quantitative estimate of drug-likeness (QED) is 0.749. The number of sulfonamides is 1. The van der Waals surface area contributed by atoms with Crippen molar-refractivity contribution in [2.75, 3.05) is 13.1 Å². The molecular weight excluding hydrogens is 260 g/mol. The van der Waals surface area contributed by atoms with Gasteiger partial charge >= 0.3 is 0 Å². The first kappa shape index (κ1) is 14.5. The van der Waals surface area contributed by atoms with Crippen LogP contribution in [0.15, 0.2) is 23.1 Å². The summed E-state index contributed by atoms with van der Waals surface area (Å²) in [6.45, 7) is 5.08. The van der Waals surface area contributed by atoms with Gasteiger partial charge in [-0.05, 0) is 56.8 Å². The van der Waals surface area contributed by atoms with Crippen molar-refractivity contribution in [2.45, 2.75) is 44.0 Å². The third-order valence-corrected chi connectivity index (χ3v) is 4.89. The summed E-state index contributed by atoms with van der Waals surface area (Å²) in [5, 5.41) is 3.37. The molecule has 0 bridgehead atoms. The van der Waals surface area contributed by atoms with E-state index in [0.717, 1.165) is 24.1 Å². The van der Waals surface area contributed by atoms with Crippen LogP contribution in [0.3, 0.4) is 0 Å². The molecule has 1 aliphatic carbocycles. The van der Waals surface area contributed by atoms with Crippen molar-refractivity contribution in [3.8, 4) is 0 Å². The molecule has 2 N–H and O–H groups in total. The Morgan fingerprint density at radius 1 is 1.21 bits per heavy atom. The molecule has 0 aliphatic heterocycles. The van der Waals surface area contributed by atoms with Crippen LogP contribution in [0.1, 0.15) is 30.4 Å². The van der Waals surface area contributed by atoms with Gasteiger partial charge in [0.2, 0.25) is 10.0 Å². The van der Waals surface area contributed by atoms with Gasteiger partial charge < -0.3 is 5.32 Å². The molecule has 0 aromatic heterocycles. The molecule has 1 saturated carbocycles. The maximum absolute atomic E-state index is 12.2. The van der Waals surface area contributed by atoms with Gasteiger partial charge in [-0.2, -0.15) is 0 Å². The zero-order chi connectivity index (χ0) is 13.9. The zero-order valence-corrected chi connectivity index (χ0v) is 12.4. The number of aryl methyl sites for hydroxylation is 2. The molecule has 0 heterocycles. The van der Waals surface area contributed by atoms with Crippen LogP contribution in [0.4, 0.5) is 0 Å². The Bertz CT molecular complexity index is 536. The Balaban J connectivity index is 1.87. The van der Waals surface area contributed by atoms with E-state index in [-0.39, 0.29) is 0 Å². The second-order valence-corrected chi connectivity index (χ2v) is 6.98. The third-order valence-electron chi connectivity index (χ3n) is 3.29. The van der Waals surface area contributed by atoms with Gasteiger partial charge in [-0.15, -0.1) is 0 Å². The van der Waals surface area contributed by atoms with E-state index < -0.39 is 10.0 Å². The van der Waals surface area contributed by atoms with Crippen molar-refractivity contribution >= 4 is 10.0 Å². The van der Waals surface area contributed by atoms with Crippen LogP contribution in [0.2, 0.25) is 0 Å². The van der Waals surface area contributed by atoms with E-state index in [1.807, 2.05) is 26.0 Å². The summed E-state index contributed by atoms with van der Waals surface area (Å²) in [7, 11) is -3.38. The summed E-state index contributed by atoms with van der Waals surface area (Å²) < 4.78 is 27.0. The van der Waals surface area contributed by atoms with Gasteiger partial charge in [0, 0.05) is 12.6 Å². The minimum absolute atomic E-state index is 0.391. The number of hydrogen-bond acceptors (Lipinski definition) is 3. The first-order valence-electron chi connectivity index (χ1n) is 6.79. The fourth-order valence-corrected chi connectivity index (χ4v) is 3.36. The van der Waals surface area contributed by atoms with Gasteiger partial charge in [0.1, 0.15) is 0 Å². The fourth-order valence-electron chi connectivity index (χ4n) is 1.96. The van der Waals surface area contributed by atoms with E-state index in [9.17, 15) is 8.42 Å². The van der Waals surface area contributed by atoms with Crippen LogP contribution in [0.5, 0.6) is 0 Å². The van der Waals surface area contributed by atoms with Crippen LogP contribution < -0.4 is 10.0 Å². The molecule has 0 amide bonds. The predicted octanol–water partition coefficient (Wildman–Crippen LogP) is 1.72. The maximum atomic E-state index is 12.2. The third kappa shape index (κ3) is 4.30. The molecule has 0 unspecified atom stereocenters. The second-order valence-electron chi connectivity index (χ2n) is 5.25. The van der Waals surface area contributed by atoms with Crippen LogP contribution in [-0.2, 0) is 10.0 Å². The van der Waals surface area contributed by atoms with Crippen molar-refractivity contribution in [3.63, 3.8) is 0 Å². The highest BCUT2D eigenvalue weighted by molar-refractivity contribution is 7.89. The second kappa shape index (κ2) is 6.03. The summed E-state index contributed by atoms with van der Waals surface area (Å²) in [6, 6.07) is 6.17. The monoisotopic (exact) mass is 282 g/mol. The van der Waals surface area contributed by atoms with Crippen molar-refractivity contribution < 1.29 is 8.42 Å². The smallest absolute Gasteiger partial charge is 0.240 e. The lowest BCUT2D eigenvalue weighted by Gasteiger charge is -2.10. The lowest BCUT2D eigenvalue weighted by Crippen LogP contribution is -2.28. The van der Waals surface area contributed by atoms with Crippen molar-refractivity contribution in [3.05, 3.63) is 29.3 Å². The normalized spacial score (nSPS) is 15.7. The lowest BCUT2D eigenvalue weighted by atomic mass is 10.2. The fraction of sp³-hybridized carbons (Fsp3) is 0.571. The van der Waals surface area contributed by atoms with E-state index in [1.165, 1.54) is 12.8 Å². The Morgan fingerprint density at radius 2 is 1.95 bits per heavy atom. The van der Waals surface area contributed by atoms with E-state index >= 15 is 0 Å². The Labute approximate surface area is 115 Å². The minimum Gasteiger partial charge on any atom is -0.314 e. The summed E-state index contributed by atoms with van der Waals surface area (Å²) in [6.07, 6.45) is 3.34. The number of rotatable bonds is 7. The average molecular weight is 282 g/mol. The van der Waals surface area contributed by atoms with Crippen LogP contribution in [0, 0.1) is 13.8 Å². The highest BCUT2D eigenvalue weighted by Gasteiger charge is 2.20. The summed E-state index contributed by atoms with van der Waals surface area (Å²) >= 11 is 0. The summed E-state index contributed by atoms with van der Waals surface area (Å²) in [4.78, 5) is 0.391. The molecule has 0 saturated heterocycles. The Hall–Kier alpha value is -0.910. The van der Waals surface area contributed by atoms with Gasteiger partial charge in [-0.3, -0.25) is 0 Å². The van der Waals surface area contributed by atoms with Gasteiger partial charge in [0.05, 0.1) is 4.90 Å². The standard InChI is InChI=1S/C14H22N2O2S/c1-11-4-5-12(2)14(10-11)19(17,18)16-9-3-8-15-13-6-7-13/h4-5,10,13,15-16H,3,6-9H2,1-2H3. The maximum Gasteiger partial charge on any atom is 0.240 e. The molecule has 1 aromatic rings. The van der Waals surface area contributed by atoms with Gasteiger partial charge in [0.15, 0.2) is 0 Å². The first-order chi connectivity index (χ1) is 8.99. The molecule has 1 fully saturated rings. The molecule has 0 radical (unpaired) electrons. The molecule has 106 valence electrons. The van der Waals surface area contributed by atoms with Crippen LogP contribution in [-0.4, -0.2) is 27.5 Å². The van der Waals surface area contributed by atoms with Crippen molar-refractivity contribution in [2.24, 2.45) is 0 Å². The highest BCUT2D eigenvalue weighted by atomic mass is 32.2. The lowest BCUT2D eigenvalue weighted by molar-refractivity contribution is 0.572. The van der Waals surface area contributed by atoms with E-state index in [2.05, 4.69) is 10.0 Å². The van der Waals surface area contributed by atoms with Crippen molar-refractivity contribution in [1.29, 1.82) is 0 Å². The molecular formula is C14H22N2O2S. The Kier molecular flexibility index (Phi) is 4.60. The topological polar surface area (TPSA) is 58.2 Å². The van der Waals surface area contributed by atoms with Gasteiger partial charge in [-0.1, -0.05) is 12.1 Å². The van der Waals surface area contributed by atoms with Crippen LogP contribution in [0.25, 0.3) is 0 Å². The van der Waals surface area contributed by atoms with E-state index in [4.69, 9.17) is 0 Å². The molecule has 0 spiro atoms. The Morgan fingerprint density at radius 3 is 2.63 bits per heavy atom. The summed E-state index contributed by atoms with van der Waals surface area (Å²) in [5.41, 5.74) is 1.75. The molecule has 19 heavy (non-hydrogen) atoms. The molecule has 1 aliphatic rings. The molecule has 0 atom stereocenters. The largest absolute Gasteiger partial charge is 0.314 e.